The number of anilines is 1. The van der Waals surface area contributed by atoms with Crippen LogP contribution in [-0.4, -0.2) is 39.0 Å². The second-order valence-electron chi connectivity index (χ2n) is 5.88. The molecule has 11 heteroatoms. The fourth-order valence-electron chi connectivity index (χ4n) is 2.38. The third kappa shape index (κ3) is 5.83. The average Bonchev–Trinajstić information content (AvgIpc) is 3.25. The molecule has 2 aromatic carbocycles. The molecule has 0 bridgehead atoms. The zero-order chi connectivity index (χ0) is 21.6. The number of halogens is 3. The van der Waals surface area contributed by atoms with Crippen molar-refractivity contribution in [1.82, 2.24) is 14.8 Å². The van der Waals surface area contributed by atoms with Gasteiger partial charge in [-0.05, 0) is 30.3 Å². The van der Waals surface area contributed by atoms with Gasteiger partial charge in [0.25, 0.3) is 5.91 Å². The van der Waals surface area contributed by atoms with Gasteiger partial charge in [0.2, 0.25) is 0 Å². The number of hydrogen-bond donors (Lipinski definition) is 1. The van der Waals surface area contributed by atoms with Crippen molar-refractivity contribution in [3.8, 4) is 5.69 Å². The van der Waals surface area contributed by atoms with Crippen LogP contribution in [0.3, 0.4) is 0 Å². The van der Waals surface area contributed by atoms with Crippen LogP contribution >= 0.6 is 11.8 Å². The maximum absolute atomic E-state index is 13.0. The van der Waals surface area contributed by atoms with E-state index in [9.17, 15) is 22.8 Å². The van der Waals surface area contributed by atoms with Gasteiger partial charge in [0.15, 0.2) is 6.61 Å². The fraction of sp³-hybridized carbons (Fsp3) is 0.158. The lowest BCUT2D eigenvalue weighted by Crippen LogP contribution is -2.22. The Morgan fingerprint density at radius 3 is 2.57 bits per heavy atom. The van der Waals surface area contributed by atoms with Crippen LogP contribution in [0.4, 0.5) is 18.9 Å². The van der Waals surface area contributed by atoms with E-state index in [2.05, 4.69) is 15.4 Å². The zero-order valence-electron chi connectivity index (χ0n) is 15.3. The highest BCUT2D eigenvalue weighted by Gasteiger charge is 2.31. The first-order chi connectivity index (χ1) is 14.3. The molecule has 7 nitrogen and oxygen atoms in total. The van der Waals surface area contributed by atoms with Gasteiger partial charge in [0.05, 0.1) is 22.7 Å². The van der Waals surface area contributed by atoms with Crippen LogP contribution < -0.4 is 5.32 Å². The summed E-state index contributed by atoms with van der Waals surface area (Å²) in [4.78, 5) is 28.6. The number of nitrogens with one attached hydrogen (secondary N) is 1. The molecule has 0 spiro atoms. The van der Waals surface area contributed by atoms with Crippen molar-refractivity contribution in [2.45, 2.75) is 11.1 Å². The van der Waals surface area contributed by atoms with E-state index in [0.717, 1.165) is 23.1 Å². The molecular weight excluding hydrogens is 421 g/mol. The van der Waals surface area contributed by atoms with Gasteiger partial charge in [-0.3, -0.25) is 9.59 Å². The van der Waals surface area contributed by atoms with Crippen molar-refractivity contribution in [3.63, 3.8) is 0 Å². The quantitative estimate of drug-likeness (QED) is 0.450. The van der Waals surface area contributed by atoms with E-state index in [1.165, 1.54) is 29.1 Å². The molecular formula is C19H15F3N4O3S. The molecule has 0 aliphatic heterocycles. The Labute approximate surface area is 173 Å². The van der Waals surface area contributed by atoms with Crippen molar-refractivity contribution in [1.29, 1.82) is 0 Å². The Bertz CT molecular complexity index is 1010. The zero-order valence-corrected chi connectivity index (χ0v) is 16.1. The van der Waals surface area contributed by atoms with Gasteiger partial charge >= 0.3 is 12.1 Å². The summed E-state index contributed by atoms with van der Waals surface area (Å²) in [6.07, 6.45) is -2.12. The minimum atomic E-state index is -4.60. The number of alkyl halides is 3. The van der Waals surface area contributed by atoms with Crippen LogP contribution in [-0.2, 0) is 20.5 Å². The summed E-state index contributed by atoms with van der Waals surface area (Å²) in [5.41, 5.74) is -0.909. The Kier molecular flexibility index (Phi) is 6.72. The third-order valence-electron chi connectivity index (χ3n) is 3.73. The largest absolute Gasteiger partial charge is 0.455 e. The number of aromatic nitrogens is 3. The summed E-state index contributed by atoms with van der Waals surface area (Å²) in [7, 11) is 0. The van der Waals surface area contributed by atoms with Gasteiger partial charge in [-0.15, -0.1) is 11.8 Å². The smallest absolute Gasteiger partial charge is 0.416 e. The topological polar surface area (TPSA) is 86.1 Å². The van der Waals surface area contributed by atoms with Gasteiger partial charge in [0, 0.05) is 4.90 Å². The summed E-state index contributed by atoms with van der Waals surface area (Å²) in [6.45, 7) is -0.638. The third-order valence-corrected chi connectivity index (χ3v) is 4.71. The fourth-order valence-corrected chi connectivity index (χ4v) is 3.10. The molecule has 0 aliphatic rings. The minimum Gasteiger partial charge on any atom is -0.455 e. The maximum atomic E-state index is 13.0. The molecule has 30 heavy (non-hydrogen) atoms. The number of benzene rings is 2. The van der Waals surface area contributed by atoms with Gasteiger partial charge in [-0.25, -0.2) is 9.67 Å². The maximum Gasteiger partial charge on any atom is 0.416 e. The lowest BCUT2D eigenvalue weighted by atomic mass is 10.1. The molecule has 0 aliphatic carbocycles. The molecule has 0 saturated carbocycles. The Morgan fingerprint density at radius 2 is 1.90 bits per heavy atom. The second kappa shape index (κ2) is 9.44. The SMILES string of the molecule is O=C(COC(=O)CSc1ccccc1)Nc1cc(C(F)(F)F)ccc1-n1cncn1. The number of carbonyl (C=O) groups excluding carboxylic acids is 2. The van der Waals surface area contributed by atoms with E-state index >= 15 is 0 Å². The number of thioether (sulfide) groups is 1. The van der Waals surface area contributed by atoms with Gasteiger partial charge in [0.1, 0.15) is 12.7 Å². The predicted molar refractivity (Wildman–Crippen MR) is 103 cm³/mol. The summed E-state index contributed by atoms with van der Waals surface area (Å²) in [6, 6.07) is 11.9. The van der Waals surface area contributed by atoms with Crippen LogP contribution in [0, 0.1) is 0 Å². The first-order valence-corrected chi connectivity index (χ1v) is 9.51. The molecule has 0 atom stereocenters. The number of amides is 1. The van der Waals surface area contributed by atoms with E-state index < -0.39 is 30.2 Å². The van der Waals surface area contributed by atoms with Crippen LogP contribution in [0.2, 0.25) is 0 Å². The number of ether oxygens (including phenoxy) is 1. The number of carbonyl (C=O) groups is 2. The van der Waals surface area contributed by atoms with Crippen LogP contribution in [0.15, 0.2) is 66.1 Å². The monoisotopic (exact) mass is 436 g/mol. The van der Waals surface area contributed by atoms with Crippen LogP contribution in [0.1, 0.15) is 5.56 Å². The van der Waals surface area contributed by atoms with Crippen molar-refractivity contribution in [2.75, 3.05) is 17.7 Å². The normalized spacial score (nSPS) is 11.2. The number of rotatable bonds is 7. The standard InChI is InChI=1S/C19H15F3N4O3S/c20-19(21,22)13-6-7-16(26-12-23-11-24-26)15(8-13)25-17(27)9-29-18(28)10-30-14-4-2-1-3-5-14/h1-8,11-12H,9-10H2,(H,25,27). The predicted octanol–water partition coefficient (Wildman–Crippen LogP) is 3.56. The highest BCUT2D eigenvalue weighted by atomic mass is 32.2. The lowest BCUT2D eigenvalue weighted by Gasteiger charge is -2.14. The molecule has 0 unspecified atom stereocenters. The van der Waals surface area contributed by atoms with E-state index in [1.54, 1.807) is 0 Å². The van der Waals surface area contributed by atoms with Crippen molar-refractivity contribution in [2.24, 2.45) is 0 Å². The minimum absolute atomic E-state index is 0.00887. The highest BCUT2D eigenvalue weighted by Crippen LogP contribution is 2.33. The molecule has 0 fully saturated rings. The Balaban J connectivity index is 1.63. The first kappa shape index (κ1) is 21.4. The summed E-state index contributed by atoms with van der Waals surface area (Å²) in [5, 5.41) is 6.19. The number of hydrogen-bond acceptors (Lipinski definition) is 6. The van der Waals surface area contributed by atoms with Gasteiger partial charge < -0.3 is 10.1 Å². The molecule has 1 amide bonds. The second-order valence-corrected chi connectivity index (χ2v) is 6.93. The molecule has 1 heterocycles. The van der Waals surface area contributed by atoms with E-state index in [-0.39, 0.29) is 17.1 Å². The Morgan fingerprint density at radius 1 is 1.13 bits per heavy atom. The van der Waals surface area contributed by atoms with Gasteiger partial charge in [-0.1, -0.05) is 18.2 Å². The van der Waals surface area contributed by atoms with Crippen LogP contribution in [0.25, 0.3) is 5.69 Å². The summed E-state index contributed by atoms with van der Waals surface area (Å²) in [5.74, 6) is -1.42. The van der Waals surface area contributed by atoms with Crippen molar-refractivity contribution >= 4 is 29.3 Å². The molecule has 1 N–H and O–H groups in total. The molecule has 3 aromatic rings. The average molecular weight is 436 g/mol. The number of nitrogens with zero attached hydrogens (tertiary/aromatic N) is 3. The first-order valence-electron chi connectivity index (χ1n) is 8.52. The van der Waals surface area contributed by atoms with E-state index in [1.807, 2.05) is 30.3 Å². The van der Waals surface area contributed by atoms with E-state index in [0.29, 0.717) is 0 Å². The van der Waals surface area contributed by atoms with Crippen molar-refractivity contribution < 1.29 is 27.5 Å². The van der Waals surface area contributed by atoms with E-state index in [4.69, 9.17) is 4.74 Å². The van der Waals surface area contributed by atoms with Crippen molar-refractivity contribution in [3.05, 3.63) is 66.7 Å². The van der Waals surface area contributed by atoms with Gasteiger partial charge in [-0.2, -0.15) is 18.3 Å². The Hall–Kier alpha value is -3.34. The van der Waals surface area contributed by atoms with Crippen LogP contribution in [0.5, 0.6) is 0 Å². The highest BCUT2D eigenvalue weighted by molar-refractivity contribution is 8.00. The summed E-state index contributed by atoms with van der Waals surface area (Å²) < 4.78 is 45.2. The molecule has 156 valence electrons. The molecule has 0 radical (unpaired) electrons. The molecule has 1 aromatic heterocycles. The molecule has 3 rings (SSSR count). The number of esters is 1. The lowest BCUT2D eigenvalue weighted by molar-refractivity contribution is -0.144. The summed E-state index contributed by atoms with van der Waals surface area (Å²) >= 11 is 1.24. The molecule has 0 saturated heterocycles.